The number of halogens is 1. The minimum absolute atomic E-state index is 0.0677. The second-order valence-corrected chi connectivity index (χ2v) is 6.68. The smallest absolute Gasteiger partial charge is 0.318 e. The molecule has 0 atom stereocenters. The lowest BCUT2D eigenvalue weighted by molar-refractivity contribution is 0.254. The minimum Gasteiger partial charge on any atom is -0.396 e. The summed E-state index contributed by atoms with van der Waals surface area (Å²) in [5.74, 6) is 0.197. The Morgan fingerprint density at radius 3 is 2.73 bits per heavy atom. The number of aromatic nitrogens is 3. The van der Waals surface area contributed by atoms with Crippen molar-refractivity contribution in [2.24, 2.45) is 0 Å². The topological polar surface area (TPSA) is 104 Å². The van der Waals surface area contributed by atoms with Crippen LogP contribution in [0.4, 0.5) is 20.7 Å². The SMILES string of the molecule is CNC(=O)Nc1ccc(-c2cnc3c(NCCCO)nc4ccc(F)cc4n23)cc1. The third-order valence-electron chi connectivity index (χ3n) is 4.68. The molecule has 2 aromatic heterocycles. The number of fused-ring (bicyclic) bond motifs is 3. The molecule has 0 bridgehead atoms. The molecular formula is C21H21FN6O2. The van der Waals surface area contributed by atoms with Crippen LogP contribution in [0.25, 0.3) is 27.9 Å². The van der Waals surface area contributed by atoms with E-state index in [1.165, 1.54) is 12.1 Å². The lowest BCUT2D eigenvalue weighted by atomic mass is 10.1. The predicted molar refractivity (Wildman–Crippen MR) is 114 cm³/mol. The quantitative estimate of drug-likeness (QED) is 0.367. The number of amides is 2. The number of aliphatic hydroxyl groups is 1. The summed E-state index contributed by atoms with van der Waals surface area (Å²) in [6, 6.07) is 11.4. The Balaban J connectivity index is 1.83. The number of anilines is 2. The Morgan fingerprint density at radius 1 is 1.20 bits per heavy atom. The summed E-state index contributed by atoms with van der Waals surface area (Å²) in [4.78, 5) is 20.6. The van der Waals surface area contributed by atoms with Crippen LogP contribution in [0.15, 0.2) is 48.7 Å². The van der Waals surface area contributed by atoms with Gasteiger partial charge in [0.05, 0.1) is 22.9 Å². The highest BCUT2D eigenvalue weighted by Crippen LogP contribution is 2.29. The maximum atomic E-state index is 14.0. The summed E-state index contributed by atoms with van der Waals surface area (Å²) >= 11 is 0. The second-order valence-electron chi connectivity index (χ2n) is 6.68. The van der Waals surface area contributed by atoms with Gasteiger partial charge >= 0.3 is 6.03 Å². The third-order valence-corrected chi connectivity index (χ3v) is 4.68. The Kier molecular flexibility index (Phi) is 5.44. The van der Waals surface area contributed by atoms with Crippen LogP contribution in [0.2, 0.25) is 0 Å². The summed E-state index contributed by atoms with van der Waals surface area (Å²) < 4.78 is 15.9. The fraction of sp³-hybridized carbons (Fsp3) is 0.190. The van der Waals surface area contributed by atoms with Gasteiger partial charge in [-0.25, -0.2) is 19.2 Å². The Morgan fingerprint density at radius 2 is 2.00 bits per heavy atom. The molecule has 8 nitrogen and oxygen atoms in total. The Bertz CT molecular complexity index is 1210. The molecule has 0 aliphatic rings. The first-order valence-corrected chi connectivity index (χ1v) is 9.51. The van der Waals surface area contributed by atoms with Crippen molar-refractivity contribution < 1.29 is 14.3 Å². The van der Waals surface area contributed by atoms with Crippen LogP contribution < -0.4 is 16.0 Å². The van der Waals surface area contributed by atoms with Crippen LogP contribution in [0.5, 0.6) is 0 Å². The van der Waals surface area contributed by atoms with E-state index in [9.17, 15) is 9.18 Å². The number of carbonyl (C=O) groups excluding carboxylic acids is 1. The summed E-state index contributed by atoms with van der Waals surface area (Å²) in [6.07, 6.45) is 2.28. The van der Waals surface area contributed by atoms with Crippen molar-refractivity contribution in [1.29, 1.82) is 0 Å². The Labute approximate surface area is 171 Å². The lowest BCUT2D eigenvalue weighted by Gasteiger charge is -2.12. The van der Waals surface area contributed by atoms with Crippen LogP contribution in [-0.4, -0.2) is 45.7 Å². The minimum atomic E-state index is -0.364. The van der Waals surface area contributed by atoms with Gasteiger partial charge in [0.25, 0.3) is 0 Å². The highest BCUT2D eigenvalue weighted by Gasteiger charge is 2.15. The van der Waals surface area contributed by atoms with E-state index in [1.54, 1.807) is 31.4 Å². The van der Waals surface area contributed by atoms with Crippen molar-refractivity contribution in [3.63, 3.8) is 0 Å². The molecule has 0 aliphatic heterocycles. The first kappa shape index (κ1) is 19.6. The van der Waals surface area contributed by atoms with E-state index in [-0.39, 0.29) is 18.5 Å². The number of hydrogen-bond acceptors (Lipinski definition) is 5. The maximum absolute atomic E-state index is 14.0. The number of carbonyl (C=O) groups is 1. The maximum Gasteiger partial charge on any atom is 0.318 e. The molecule has 2 amide bonds. The van der Waals surface area contributed by atoms with Gasteiger partial charge in [-0.2, -0.15) is 0 Å². The molecule has 4 aromatic rings. The average molecular weight is 408 g/mol. The predicted octanol–water partition coefficient (Wildman–Crippen LogP) is 3.23. The second kappa shape index (κ2) is 8.34. The average Bonchev–Trinajstić information content (AvgIpc) is 3.20. The van der Waals surface area contributed by atoms with Gasteiger partial charge in [0.1, 0.15) is 5.82 Å². The summed E-state index contributed by atoms with van der Waals surface area (Å²) in [5, 5.41) is 17.5. The molecular weight excluding hydrogens is 387 g/mol. The van der Waals surface area contributed by atoms with Crippen LogP contribution in [0.1, 0.15) is 6.42 Å². The molecule has 0 saturated heterocycles. The molecule has 0 aliphatic carbocycles. The number of imidazole rings is 1. The molecule has 30 heavy (non-hydrogen) atoms. The lowest BCUT2D eigenvalue weighted by Crippen LogP contribution is -2.24. The van der Waals surface area contributed by atoms with Crippen molar-refractivity contribution in [3.8, 4) is 11.3 Å². The summed E-state index contributed by atoms with van der Waals surface area (Å²) in [6.45, 7) is 0.603. The first-order valence-electron chi connectivity index (χ1n) is 9.51. The fourth-order valence-electron chi connectivity index (χ4n) is 3.23. The van der Waals surface area contributed by atoms with Gasteiger partial charge in [0.15, 0.2) is 11.5 Å². The molecule has 0 radical (unpaired) electrons. The number of rotatable bonds is 6. The van der Waals surface area contributed by atoms with E-state index in [2.05, 4.69) is 25.9 Å². The monoisotopic (exact) mass is 408 g/mol. The van der Waals surface area contributed by atoms with Crippen molar-refractivity contribution in [3.05, 3.63) is 54.5 Å². The Hall–Kier alpha value is -3.72. The molecule has 2 heterocycles. The number of nitrogens with zero attached hydrogens (tertiary/aromatic N) is 3. The zero-order valence-electron chi connectivity index (χ0n) is 16.3. The highest BCUT2D eigenvalue weighted by molar-refractivity contribution is 5.90. The van der Waals surface area contributed by atoms with Crippen LogP contribution in [0.3, 0.4) is 0 Å². The normalized spacial score (nSPS) is 11.0. The first-order chi connectivity index (χ1) is 14.6. The molecule has 9 heteroatoms. The number of hydrogen-bond donors (Lipinski definition) is 4. The molecule has 4 rings (SSSR count). The van der Waals surface area contributed by atoms with Gasteiger partial charge < -0.3 is 21.1 Å². The molecule has 0 saturated carbocycles. The number of nitrogens with one attached hydrogen (secondary N) is 3. The van der Waals surface area contributed by atoms with Gasteiger partial charge in [-0.3, -0.25) is 4.40 Å². The van der Waals surface area contributed by atoms with E-state index < -0.39 is 0 Å². The molecule has 0 spiro atoms. The largest absolute Gasteiger partial charge is 0.396 e. The van der Waals surface area contributed by atoms with Crippen LogP contribution in [-0.2, 0) is 0 Å². The van der Waals surface area contributed by atoms with E-state index in [4.69, 9.17) is 5.11 Å². The zero-order chi connectivity index (χ0) is 21.1. The third kappa shape index (κ3) is 3.74. The van der Waals surface area contributed by atoms with Crippen molar-refractivity contribution in [2.45, 2.75) is 6.42 Å². The van der Waals surface area contributed by atoms with Crippen LogP contribution >= 0.6 is 0 Å². The van der Waals surface area contributed by atoms with Gasteiger partial charge in [-0.1, -0.05) is 12.1 Å². The van der Waals surface area contributed by atoms with Crippen LogP contribution in [0, 0.1) is 5.82 Å². The number of urea groups is 1. The van der Waals surface area contributed by atoms with Gasteiger partial charge in [-0.05, 0) is 30.7 Å². The molecule has 2 aromatic carbocycles. The molecule has 4 N–H and O–H groups in total. The summed E-state index contributed by atoms with van der Waals surface area (Å²) in [7, 11) is 1.55. The van der Waals surface area contributed by atoms with E-state index in [1.807, 2.05) is 16.5 Å². The van der Waals surface area contributed by atoms with Crippen molar-refractivity contribution in [2.75, 3.05) is 30.8 Å². The van der Waals surface area contributed by atoms with Gasteiger partial charge in [-0.15, -0.1) is 0 Å². The van der Waals surface area contributed by atoms with E-state index in [0.717, 1.165) is 11.3 Å². The zero-order valence-corrected chi connectivity index (χ0v) is 16.3. The van der Waals surface area contributed by atoms with E-state index >= 15 is 0 Å². The highest BCUT2D eigenvalue weighted by atomic mass is 19.1. The standard InChI is InChI=1S/C21H21FN6O2/c1-23-21(30)26-15-6-3-13(4-7-15)18-12-25-20-19(24-9-2-10-29)27-16-8-5-14(22)11-17(16)28(18)20/h3-8,11-12,29H,2,9-10H2,1H3,(H,24,27)(H2,23,26,30). The van der Waals surface area contributed by atoms with Crippen molar-refractivity contribution in [1.82, 2.24) is 19.7 Å². The summed E-state index contributed by atoms with van der Waals surface area (Å²) in [5.41, 5.74) is 4.04. The van der Waals surface area contributed by atoms with Gasteiger partial charge in [0, 0.05) is 37.5 Å². The molecule has 0 unspecified atom stereocenters. The van der Waals surface area contributed by atoms with Crippen molar-refractivity contribution >= 4 is 34.2 Å². The molecule has 154 valence electrons. The number of benzene rings is 2. The molecule has 0 fully saturated rings. The van der Waals surface area contributed by atoms with E-state index in [0.29, 0.717) is 41.2 Å². The number of aliphatic hydroxyl groups excluding tert-OH is 1. The fourth-order valence-corrected chi connectivity index (χ4v) is 3.23. The van der Waals surface area contributed by atoms with Gasteiger partial charge in [0.2, 0.25) is 0 Å².